The first-order valence-electron chi connectivity index (χ1n) is 6.09. The Morgan fingerprint density at radius 2 is 2.16 bits per heavy atom. The summed E-state index contributed by atoms with van der Waals surface area (Å²) < 4.78 is 30.7. The molecule has 0 saturated carbocycles. The number of hydrogen-bond donors (Lipinski definition) is 2. The Morgan fingerprint density at radius 3 is 2.89 bits per heavy atom. The molecule has 1 aromatic heterocycles. The number of hydrogen-bond acceptors (Lipinski definition) is 4. The lowest BCUT2D eigenvalue weighted by atomic mass is 10.2. The lowest BCUT2D eigenvalue weighted by Gasteiger charge is -2.05. The fourth-order valence-electron chi connectivity index (χ4n) is 1.70. The zero-order chi connectivity index (χ0) is 13.9. The van der Waals surface area contributed by atoms with Crippen molar-refractivity contribution < 1.29 is 12.8 Å². The zero-order valence-corrected chi connectivity index (χ0v) is 11.4. The monoisotopic (exact) mass is 284 g/mol. The third kappa shape index (κ3) is 3.68. The molecule has 1 heterocycles. The molecule has 0 saturated heterocycles. The zero-order valence-electron chi connectivity index (χ0n) is 10.6. The van der Waals surface area contributed by atoms with Crippen LogP contribution in [0, 0.1) is 0 Å². The molecule has 0 atom stereocenters. The highest BCUT2D eigenvalue weighted by atomic mass is 32.2. The van der Waals surface area contributed by atoms with Crippen molar-refractivity contribution in [1.29, 1.82) is 0 Å². The number of aromatic amines is 1. The van der Waals surface area contributed by atoms with E-state index in [1.165, 1.54) is 0 Å². The maximum absolute atomic E-state index is 11.6. The topological polar surface area (TPSA) is 92.2 Å². The molecule has 0 aliphatic carbocycles. The molecule has 7 heteroatoms. The van der Waals surface area contributed by atoms with Gasteiger partial charge < -0.3 is 4.42 Å². The normalized spacial score (nSPS) is 12.1. The van der Waals surface area contributed by atoms with Crippen LogP contribution in [0.3, 0.4) is 0 Å². The van der Waals surface area contributed by atoms with Crippen LogP contribution in [0.15, 0.2) is 27.4 Å². The van der Waals surface area contributed by atoms with Crippen LogP contribution in [0.25, 0.3) is 11.1 Å². The average molecular weight is 284 g/mol. The first kappa shape index (κ1) is 13.8. The molecular formula is C12H16N2O4S. The molecule has 2 rings (SSSR count). The standard InChI is InChI=1S/C12H16N2O4S/c1-2-3-6-19(16,17)13-8-9-4-5-10-11(7-9)18-12(15)14-10/h4-5,7,13H,2-3,6,8H2,1H3,(H,14,15). The summed E-state index contributed by atoms with van der Waals surface area (Å²) >= 11 is 0. The molecule has 0 fully saturated rings. The molecule has 0 bridgehead atoms. The van der Waals surface area contributed by atoms with Crippen molar-refractivity contribution in [1.82, 2.24) is 9.71 Å². The van der Waals surface area contributed by atoms with Crippen LogP contribution in [0.5, 0.6) is 0 Å². The number of unbranched alkanes of at least 4 members (excludes halogenated alkanes) is 1. The highest BCUT2D eigenvalue weighted by molar-refractivity contribution is 7.89. The van der Waals surface area contributed by atoms with Crippen molar-refractivity contribution in [3.63, 3.8) is 0 Å². The molecule has 0 amide bonds. The quantitative estimate of drug-likeness (QED) is 0.837. The molecule has 104 valence electrons. The third-order valence-electron chi connectivity index (χ3n) is 2.75. The van der Waals surface area contributed by atoms with E-state index < -0.39 is 15.8 Å². The van der Waals surface area contributed by atoms with E-state index in [-0.39, 0.29) is 12.3 Å². The van der Waals surface area contributed by atoms with Gasteiger partial charge in [-0.05, 0) is 24.1 Å². The minimum absolute atomic E-state index is 0.130. The Morgan fingerprint density at radius 1 is 1.37 bits per heavy atom. The number of fused-ring (bicyclic) bond motifs is 1. The van der Waals surface area contributed by atoms with Gasteiger partial charge in [-0.1, -0.05) is 19.4 Å². The molecule has 0 spiro atoms. The molecule has 1 aromatic carbocycles. The summed E-state index contributed by atoms with van der Waals surface area (Å²) in [6, 6.07) is 5.08. The number of benzene rings is 1. The second-order valence-electron chi connectivity index (χ2n) is 4.34. The summed E-state index contributed by atoms with van der Waals surface area (Å²) in [4.78, 5) is 13.5. The van der Waals surface area contributed by atoms with E-state index in [2.05, 4.69) is 9.71 Å². The molecule has 2 aromatic rings. The van der Waals surface area contributed by atoms with E-state index in [0.29, 0.717) is 17.5 Å². The van der Waals surface area contributed by atoms with Crippen molar-refractivity contribution in [2.75, 3.05) is 5.75 Å². The van der Waals surface area contributed by atoms with Gasteiger partial charge in [0, 0.05) is 6.54 Å². The first-order valence-corrected chi connectivity index (χ1v) is 7.74. The van der Waals surface area contributed by atoms with E-state index >= 15 is 0 Å². The minimum Gasteiger partial charge on any atom is -0.408 e. The van der Waals surface area contributed by atoms with Gasteiger partial charge in [0.1, 0.15) is 0 Å². The van der Waals surface area contributed by atoms with Gasteiger partial charge in [-0.15, -0.1) is 0 Å². The second-order valence-corrected chi connectivity index (χ2v) is 6.26. The summed E-state index contributed by atoms with van der Waals surface area (Å²) in [5, 5.41) is 0. The molecule has 6 nitrogen and oxygen atoms in total. The highest BCUT2D eigenvalue weighted by Gasteiger charge is 2.09. The largest absolute Gasteiger partial charge is 0.417 e. The van der Waals surface area contributed by atoms with Crippen LogP contribution in [0.2, 0.25) is 0 Å². The number of H-pyrrole nitrogens is 1. The number of rotatable bonds is 6. The van der Waals surface area contributed by atoms with Crippen molar-refractivity contribution in [3.8, 4) is 0 Å². The maximum atomic E-state index is 11.6. The van der Waals surface area contributed by atoms with Gasteiger partial charge in [-0.25, -0.2) is 17.9 Å². The fraction of sp³-hybridized carbons (Fsp3) is 0.417. The van der Waals surface area contributed by atoms with Crippen molar-refractivity contribution in [2.24, 2.45) is 0 Å². The van der Waals surface area contributed by atoms with E-state index in [1.807, 2.05) is 6.92 Å². The summed E-state index contributed by atoms with van der Waals surface area (Å²) in [6.07, 6.45) is 1.47. The first-order chi connectivity index (χ1) is 9.00. The van der Waals surface area contributed by atoms with Gasteiger partial charge in [0.2, 0.25) is 10.0 Å². The van der Waals surface area contributed by atoms with Crippen LogP contribution in [-0.4, -0.2) is 19.2 Å². The summed E-state index contributed by atoms with van der Waals surface area (Å²) in [6.45, 7) is 2.13. The SMILES string of the molecule is CCCCS(=O)(=O)NCc1ccc2[nH]c(=O)oc2c1. The maximum Gasteiger partial charge on any atom is 0.417 e. The summed E-state index contributed by atoms with van der Waals surface area (Å²) in [7, 11) is -3.24. The van der Waals surface area contributed by atoms with Gasteiger partial charge in [0.15, 0.2) is 5.58 Å². The van der Waals surface area contributed by atoms with Crippen LogP contribution < -0.4 is 10.5 Å². The van der Waals surface area contributed by atoms with Crippen molar-refractivity contribution in [3.05, 3.63) is 34.3 Å². The summed E-state index contributed by atoms with van der Waals surface area (Å²) in [5.74, 6) is -0.388. The van der Waals surface area contributed by atoms with Crippen LogP contribution in [0.1, 0.15) is 25.3 Å². The molecule has 19 heavy (non-hydrogen) atoms. The minimum atomic E-state index is -3.24. The fourth-order valence-corrected chi connectivity index (χ4v) is 2.90. The smallest absolute Gasteiger partial charge is 0.408 e. The predicted octanol–water partition coefficient (Wildman–Crippen LogP) is 1.34. The Bertz CT molecular complexity index is 715. The van der Waals surface area contributed by atoms with Crippen molar-refractivity contribution in [2.45, 2.75) is 26.3 Å². The predicted molar refractivity (Wildman–Crippen MR) is 72.4 cm³/mol. The molecular weight excluding hydrogens is 268 g/mol. The lowest BCUT2D eigenvalue weighted by molar-refractivity contribution is 0.554. The van der Waals surface area contributed by atoms with Gasteiger partial charge in [0.25, 0.3) is 0 Å². The van der Waals surface area contributed by atoms with E-state index in [9.17, 15) is 13.2 Å². The molecule has 2 N–H and O–H groups in total. The van der Waals surface area contributed by atoms with Gasteiger partial charge in [0.05, 0.1) is 11.3 Å². The van der Waals surface area contributed by atoms with E-state index in [1.54, 1.807) is 18.2 Å². The Hall–Kier alpha value is -1.60. The number of aromatic nitrogens is 1. The summed E-state index contributed by atoms with van der Waals surface area (Å²) in [5.41, 5.74) is 1.77. The Balaban J connectivity index is 2.07. The highest BCUT2D eigenvalue weighted by Crippen LogP contribution is 2.12. The van der Waals surface area contributed by atoms with Crippen molar-refractivity contribution >= 4 is 21.1 Å². The van der Waals surface area contributed by atoms with E-state index in [0.717, 1.165) is 12.0 Å². The van der Waals surface area contributed by atoms with Gasteiger partial charge in [-0.3, -0.25) is 4.98 Å². The van der Waals surface area contributed by atoms with Crippen LogP contribution in [0.4, 0.5) is 0 Å². The Kier molecular flexibility index (Phi) is 4.06. The van der Waals surface area contributed by atoms with Gasteiger partial charge in [-0.2, -0.15) is 0 Å². The molecule has 0 aliphatic rings. The molecule has 0 radical (unpaired) electrons. The Labute approximate surface area is 110 Å². The molecule has 0 aliphatic heterocycles. The number of nitrogens with one attached hydrogen (secondary N) is 2. The second kappa shape index (κ2) is 5.58. The molecule has 0 unspecified atom stereocenters. The van der Waals surface area contributed by atoms with Crippen LogP contribution in [-0.2, 0) is 16.6 Å². The lowest BCUT2D eigenvalue weighted by Crippen LogP contribution is -2.25. The number of sulfonamides is 1. The number of oxazole rings is 1. The third-order valence-corrected chi connectivity index (χ3v) is 4.16. The van der Waals surface area contributed by atoms with Crippen LogP contribution >= 0.6 is 0 Å². The average Bonchev–Trinajstić information content (AvgIpc) is 2.73. The van der Waals surface area contributed by atoms with E-state index in [4.69, 9.17) is 4.42 Å². The van der Waals surface area contributed by atoms with Gasteiger partial charge >= 0.3 is 5.76 Å².